The van der Waals surface area contributed by atoms with Gasteiger partial charge >= 0.3 is 0 Å². The molecule has 0 aromatic carbocycles. The summed E-state index contributed by atoms with van der Waals surface area (Å²) in [6, 6.07) is 0. The van der Waals surface area contributed by atoms with Crippen LogP contribution in [0.5, 0.6) is 0 Å². The highest BCUT2D eigenvalue weighted by Crippen LogP contribution is 1.86. The number of ether oxygens (including phenoxy) is 1. The number of methoxy groups -OCH3 is 1. The van der Waals surface area contributed by atoms with E-state index in [0.717, 1.165) is 25.9 Å². The number of hydrogen-bond acceptors (Lipinski definition) is 4. The fourth-order valence-corrected chi connectivity index (χ4v) is 1.35. The third kappa shape index (κ3) is 9.89. The van der Waals surface area contributed by atoms with E-state index in [0.29, 0.717) is 19.7 Å². The minimum absolute atomic E-state index is 0.0862. The first-order chi connectivity index (χ1) is 7.70. The predicted octanol–water partition coefficient (Wildman–Crippen LogP) is -0.320. The van der Waals surface area contributed by atoms with E-state index in [-0.39, 0.29) is 5.91 Å². The van der Waals surface area contributed by atoms with E-state index in [1.165, 1.54) is 0 Å². The van der Waals surface area contributed by atoms with Gasteiger partial charge in [-0.05, 0) is 40.0 Å². The van der Waals surface area contributed by atoms with Gasteiger partial charge in [-0.1, -0.05) is 0 Å². The Morgan fingerprint density at radius 3 is 2.69 bits per heavy atom. The van der Waals surface area contributed by atoms with Crippen molar-refractivity contribution in [2.45, 2.75) is 12.8 Å². The van der Waals surface area contributed by atoms with Crippen LogP contribution in [0.1, 0.15) is 12.8 Å². The van der Waals surface area contributed by atoms with Crippen LogP contribution in [0.25, 0.3) is 0 Å². The van der Waals surface area contributed by atoms with E-state index in [1.54, 1.807) is 7.11 Å². The van der Waals surface area contributed by atoms with Gasteiger partial charge in [-0.15, -0.1) is 0 Å². The Morgan fingerprint density at radius 1 is 1.31 bits per heavy atom. The number of nitrogens with one attached hydrogen (secondary N) is 2. The fraction of sp³-hybridized carbons (Fsp3) is 0.909. The van der Waals surface area contributed by atoms with Gasteiger partial charge in [-0.2, -0.15) is 0 Å². The highest BCUT2D eigenvalue weighted by atomic mass is 16.5. The van der Waals surface area contributed by atoms with E-state index in [4.69, 9.17) is 4.74 Å². The van der Waals surface area contributed by atoms with Gasteiger partial charge in [0.25, 0.3) is 0 Å². The molecular formula is C11H25N3O2. The molecule has 96 valence electrons. The normalized spacial score (nSPS) is 10.8. The molecule has 0 heterocycles. The molecule has 1 amide bonds. The molecule has 0 saturated heterocycles. The van der Waals surface area contributed by atoms with Crippen LogP contribution < -0.4 is 10.6 Å². The van der Waals surface area contributed by atoms with Gasteiger partial charge in [0.05, 0.1) is 6.54 Å². The van der Waals surface area contributed by atoms with Crippen molar-refractivity contribution >= 4 is 5.91 Å². The van der Waals surface area contributed by atoms with Gasteiger partial charge in [0.1, 0.15) is 0 Å². The van der Waals surface area contributed by atoms with Crippen LogP contribution in [-0.2, 0) is 9.53 Å². The monoisotopic (exact) mass is 231 g/mol. The summed E-state index contributed by atoms with van der Waals surface area (Å²) in [5.74, 6) is 0.0862. The Balaban J connectivity index is 3.39. The van der Waals surface area contributed by atoms with Crippen LogP contribution in [0, 0.1) is 0 Å². The molecule has 0 radical (unpaired) electrons. The summed E-state index contributed by atoms with van der Waals surface area (Å²) in [6.45, 7) is 3.78. The molecule has 0 aliphatic carbocycles. The molecule has 0 unspecified atom stereocenters. The van der Waals surface area contributed by atoms with Crippen molar-refractivity contribution < 1.29 is 9.53 Å². The summed E-state index contributed by atoms with van der Waals surface area (Å²) in [4.78, 5) is 13.5. The number of carbonyl (C=O) groups excluding carboxylic acids is 1. The van der Waals surface area contributed by atoms with Crippen molar-refractivity contribution in [1.82, 2.24) is 15.5 Å². The molecule has 16 heavy (non-hydrogen) atoms. The minimum atomic E-state index is 0.0862. The Kier molecular flexibility index (Phi) is 10.4. The molecule has 0 fully saturated rings. The maximum atomic E-state index is 11.4. The molecule has 5 nitrogen and oxygen atoms in total. The molecule has 0 aliphatic rings. The SMILES string of the molecule is CNCCCN(C)CC(=O)NCCCOC. The topological polar surface area (TPSA) is 53.6 Å². The number of nitrogens with zero attached hydrogens (tertiary/aromatic N) is 1. The van der Waals surface area contributed by atoms with E-state index in [2.05, 4.69) is 10.6 Å². The number of amides is 1. The molecule has 0 bridgehead atoms. The summed E-state index contributed by atoms with van der Waals surface area (Å²) in [7, 11) is 5.56. The zero-order valence-corrected chi connectivity index (χ0v) is 10.7. The lowest BCUT2D eigenvalue weighted by Gasteiger charge is -2.15. The quantitative estimate of drug-likeness (QED) is 0.506. The molecule has 5 heteroatoms. The molecular weight excluding hydrogens is 206 g/mol. The first kappa shape index (κ1) is 15.3. The maximum Gasteiger partial charge on any atom is 0.234 e. The largest absolute Gasteiger partial charge is 0.385 e. The van der Waals surface area contributed by atoms with Crippen LogP contribution in [-0.4, -0.2) is 64.8 Å². The zero-order valence-electron chi connectivity index (χ0n) is 10.7. The predicted molar refractivity (Wildman–Crippen MR) is 65.5 cm³/mol. The van der Waals surface area contributed by atoms with Gasteiger partial charge in [-0.3, -0.25) is 9.69 Å². The number of hydrogen-bond donors (Lipinski definition) is 2. The van der Waals surface area contributed by atoms with Crippen molar-refractivity contribution in [2.24, 2.45) is 0 Å². The Hall–Kier alpha value is -0.650. The zero-order chi connectivity index (χ0) is 12.2. The van der Waals surface area contributed by atoms with Crippen LogP contribution in [0.3, 0.4) is 0 Å². The molecule has 0 aromatic heterocycles. The van der Waals surface area contributed by atoms with Crippen molar-refractivity contribution in [3.05, 3.63) is 0 Å². The lowest BCUT2D eigenvalue weighted by Crippen LogP contribution is -2.36. The number of likely N-dealkylation sites (N-methyl/N-ethyl adjacent to an activating group) is 1. The van der Waals surface area contributed by atoms with Crippen LogP contribution in [0.2, 0.25) is 0 Å². The van der Waals surface area contributed by atoms with E-state index >= 15 is 0 Å². The average Bonchev–Trinajstić information content (AvgIpc) is 2.25. The van der Waals surface area contributed by atoms with Gasteiger partial charge in [0.15, 0.2) is 0 Å². The summed E-state index contributed by atoms with van der Waals surface area (Å²) in [6.07, 6.45) is 1.93. The van der Waals surface area contributed by atoms with Crippen molar-refractivity contribution in [3.8, 4) is 0 Å². The van der Waals surface area contributed by atoms with Crippen LogP contribution in [0.4, 0.5) is 0 Å². The summed E-state index contributed by atoms with van der Waals surface area (Å²) >= 11 is 0. The number of rotatable bonds is 10. The highest BCUT2D eigenvalue weighted by molar-refractivity contribution is 5.77. The Labute approximate surface area is 98.5 Å². The lowest BCUT2D eigenvalue weighted by molar-refractivity contribution is -0.122. The Morgan fingerprint density at radius 2 is 2.06 bits per heavy atom. The van der Waals surface area contributed by atoms with Crippen LogP contribution in [0.15, 0.2) is 0 Å². The standard InChI is InChI=1S/C11H25N3O2/c1-12-6-4-8-14(2)10-11(15)13-7-5-9-16-3/h12H,4-10H2,1-3H3,(H,13,15). The van der Waals surface area contributed by atoms with Crippen LogP contribution >= 0.6 is 0 Å². The van der Waals surface area contributed by atoms with Gasteiger partial charge in [-0.25, -0.2) is 0 Å². The third-order valence-corrected chi connectivity index (χ3v) is 2.23. The molecule has 0 spiro atoms. The Bertz CT molecular complexity index is 177. The molecule has 2 N–H and O–H groups in total. The smallest absolute Gasteiger partial charge is 0.234 e. The maximum absolute atomic E-state index is 11.4. The summed E-state index contributed by atoms with van der Waals surface area (Å²) in [5, 5.41) is 5.95. The first-order valence-corrected chi connectivity index (χ1v) is 5.79. The van der Waals surface area contributed by atoms with Crippen molar-refractivity contribution in [2.75, 3.05) is 54.0 Å². The fourth-order valence-electron chi connectivity index (χ4n) is 1.35. The molecule has 0 aromatic rings. The third-order valence-electron chi connectivity index (χ3n) is 2.23. The minimum Gasteiger partial charge on any atom is -0.385 e. The summed E-state index contributed by atoms with van der Waals surface area (Å²) in [5.41, 5.74) is 0. The second-order valence-electron chi connectivity index (χ2n) is 3.89. The summed E-state index contributed by atoms with van der Waals surface area (Å²) < 4.78 is 4.90. The lowest BCUT2D eigenvalue weighted by atomic mass is 10.3. The van der Waals surface area contributed by atoms with E-state index in [1.807, 2.05) is 19.0 Å². The highest BCUT2D eigenvalue weighted by Gasteiger charge is 2.04. The second kappa shape index (κ2) is 10.9. The van der Waals surface area contributed by atoms with Crippen molar-refractivity contribution in [1.29, 1.82) is 0 Å². The molecule has 0 rings (SSSR count). The van der Waals surface area contributed by atoms with E-state index < -0.39 is 0 Å². The second-order valence-corrected chi connectivity index (χ2v) is 3.89. The van der Waals surface area contributed by atoms with Gasteiger partial charge < -0.3 is 15.4 Å². The first-order valence-electron chi connectivity index (χ1n) is 5.79. The van der Waals surface area contributed by atoms with Gasteiger partial charge in [0.2, 0.25) is 5.91 Å². The molecule has 0 saturated carbocycles. The van der Waals surface area contributed by atoms with E-state index in [9.17, 15) is 4.79 Å². The average molecular weight is 231 g/mol. The van der Waals surface area contributed by atoms with Crippen molar-refractivity contribution in [3.63, 3.8) is 0 Å². The molecule has 0 aliphatic heterocycles. The number of carbonyl (C=O) groups is 1. The molecule has 0 atom stereocenters. The van der Waals surface area contributed by atoms with Gasteiger partial charge in [0, 0.05) is 20.3 Å².